The van der Waals surface area contributed by atoms with Gasteiger partial charge in [0.15, 0.2) is 5.78 Å². The third-order valence-electron chi connectivity index (χ3n) is 5.20. The summed E-state index contributed by atoms with van der Waals surface area (Å²) in [6, 6.07) is 10.5. The Morgan fingerprint density at radius 2 is 1.70 bits per heavy atom. The summed E-state index contributed by atoms with van der Waals surface area (Å²) < 4.78 is 32.3. The van der Waals surface area contributed by atoms with Gasteiger partial charge in [0.25, 0.3) is 10.0 Å². The van der Waals surface area contributed by atoms with Gasteiger partial charge in [-0.1, -0.05) is 30.1 Å². The van der Waals surface area contributed by atoms with Crippen LogP contribution in [-0.4, -0.2) is 38.1 Å². The topological polar surface area (TPSA) is 80.8 Å². The lowest BCUT2D eigenvalue weighted by atomic mass is 9.85. The molecule has 0 saturated carbocycles. The molecule has 9 heteroatoms. The molecule has 1 aliphatic heterocycles. The Labute approximate surface area is 185 Å². The minimum atomic E-state index is -4.21. The van der Waals surface area contributed by atoms with Crippen molar-refractivity contribution in [2.75, 3.05) is 13.7 Å². The number of benzene rings is 2. The molecule has 0 spiro atoms. The molecule has 0 aromatic heterocycles. The third kappa shape index (κ3) is 4.63. The standard InChI is InChI=1S/C21H21Cl2NO5S/c1-13-9-17(25)12-24(30(27,28)18-6-3-15(22)4-7-18)21(26)19(13)11-14-10-16(23)5-8-20(14)29-2/h3-8,10,13,19H,9,11-12H2,1-2H3/t13-,19-/m1/s1. The first-order valence-electron chi connectivity index (χ1n) is 9.29. The van der Waals surface area contributed by atoms with Crippen LogP contribution in [0.25, 0.3) is 0 Å². The second kappa shape index (κ2) is 8.96. The van der Waals surface area contributed by atoms with Crippen molar-refractivity contribution in [3.63, 3.8) is 0 Å². The molecule has 0 aliphatic carbocycles. The number of sulfonamides is 1. The number of hydrogen-bond donors (Lipinski definition) is 0. The van der Waals surface area contributed by atoms with E-state index in [1.165, 1.54) is 31.4 Å². The van der Waals surface area contributed by atoms with E-state index >= 15 is 0 Å². The molecule has 2 atom stereocenters. The van der Waals surface area contributed by atoms with Crippen molar-refractivity contribution in [3.8, 4) is 5.75 Å². The van der Waals surface area contributed by atoms with Crippen molar-refractivity contribution in [2.45, 2.75) is 24.7 Å². The molecule has 2 aromatic carbocycles. The number of rotatable bonds is 5. The number of halogens is 2. The summed E-state index contributed by atoms with van der Waals surface area (Å²) >= 11 is 11.9. The van der Waals surface area contributed by atoms with Crippen LogP contribution in [0.15, 0.2) is 47.4 Å². The van der Waals surface area contributed by atoms with Crippen molar-refractivity contribution in [1.29, 1.82) is 0 Å². The molecule has 3 rings (SSSR count). The van der Waals surface area contributed by atoms with E-state index in [1.807, 2.05) is 0 Å². The smallest absolute Gasteiger partial charge is 0.266 e. The van der Waals surface area contributed by atoms with Gasteiger partial charge < -0.3 is 4.74 Å². The predicted octanol–water partition coefficient (Wildman–Crippen LogP) is 3.99. The van der Waals surface area contributed by atoms with E-state index < -0.39 is 28.4 Å². The number of ketones is 1. The van der Waals surface area contributed by atoms with Crippen molar-refractivity contribution < 1.29 is 22.7 Å². The van der Waals surface area contributed by atoms with Crippen LogP contribution in [0.3, 0.4) is 0 Å². The van der Waals surface area contributed by atoms with Crippen LogP contribution in [0.5, 0.6) is 5.75 Å². The molecule has 30 heavy (non-hydrogen) atoms. The molecule has 0 unspecified atom stereocenters. The Balaban J connectivity index is 2.00. The van der Waals surface area contributed by atoms with Crippen molar-refractivity contribution in [1.82, 2.24) is 4.31 Å². The molecular weight excluding hydrogens is 449 g/mol. The number of carbonyl (C=O) groups is 2. The monoisotopic (exact) mass is 469 g/mol. The molecule has 1 saturated heterocycles. The normalized spacial score (nSPS) is 20.2. The van der Waals surface area contributed by atoms with Crippen LogP contribution in [0, 0.1) is 11.8 Å². The van der Waals surface area contributed by atoms with Gasteiger partial charge >= 0.3 is 0 Å². The van der Waals surface area contributed by atoms with E-state index in [2.05, 4.69) is 0 Å². The Hall–Kier alpha value is -2.09. The van der Waals surface area contributed by atoms with Gasteiger partial charge in [-0.15, -0.1) is 0 Å². The average molecular weight is 470 g/mol. The minimum absolute atomic E-state index is 0.0957. The van der Waals surface area contributed by atoms with Crippen molar-refractivity contribution in [2.24, 2.45) is 11.8 Å². The molecule has 0 N–H and O–H groups in total. The zero-order chi connectivity index (χ0) is 22.1. The molecular formula is C21H21Cl2NO5S. The fourth-order valence-electron chi connectivity index (χ4n) is 3.60. The maximum absolute atomic E-state index is 13.4. The van der Waals surface area contributed by atoms with Gasteiger partial charge in [-0.2, -0.15) is 0 Å². The summed E-state index contributed by atoms with van der Waals surface area (Å²) in [4.78, 5) is 25.7. The quantitative estimate of drug-likeness (QED) is 0.660. The highest BCUT2D eigenvalue weighted by Gasteiger charge is 2.41. The second-order valence-corrected chi connectivity index (χ2v) is 10.0. The zero-order valence-corrected chi connectivity index (χ0v) is 18.8. The number of nitrogens with zero attached hydrogens (tertiary/aromatic N) is 1. The van der Waals surface area contributed by atoms with E-state index in [0.29, 0.717) is 25.7 Å². The van der Waals surface area contributed by atoms with Crippen LogP contribution in [0.2, 0.25) is 10.0 Å². The van der Waals surface area contributed by atoms with Crippen LogP contribution < -0.4 is 4.74 Å². The van der Waals surface area contributed by atoms with E-state index in [9.17, 15) is 18.0 Å². The summed E-state index contributed by atoms with van der Waals surface area (Å²) in [7, 11) is -2.70. The summed E-state index contributed by atoms with van der Waals surface area (Å²) in [5, 5.41) is 0.841. The lowest BCUT2D eigenvalue weighted by molar-refractivity contribution is -0.132. The van der Waals surface area contributed by atoms with Gasteiger partial charge in [0.05, 0.1) is 18.6 Å². The number of Topliss-reactive ketones (excluding diaryl/α,β-unsaturated/α-hetero) is 1. The maximum Gasteiger partial charge on any atom is 0.266 e. The van der Waals surface area contributed by atoms with Crippen LogP contribution in [0.4, 0.5) is 0 Å². The van der Waals surface area contributed by atoms with Gasteiger partial charge in [0.2, 0.25) is 5.91 Å². The SMILES string of the molecule is COc1ccc(Cl)cc1C[C@H]1C(=O)N(S(=O)(=O)c2ccc(Cl)cc2)CC(=O)C[C@H]1C. The summed E-state index contributed by atoms with van der Waals surface area (Å²) in [6.45, 7) is 1.28. The highest BCUT2D eigenvalue weighted by atomic mass is 35.5. The molecule has 1 amide bonds. The van der Waals surface area contributed by atoms with Gasteiger partial charge in [0.1, 0.15) is 5.75 Å². The van der Waals surface area contributed by atoms with Gasteiger partial charge in [-0.05, 0) is 60.4 Å². The molecule has 2 aromatic rings. The first kappa shape index (κ1) is 22.6. The Morgan fingerprint density at radius 3 is 2.33 bits per heavy atom. The zero-order valence-electron chi connectivity index (χ0n) is 16.5. The molecule has 1 fully saturated rings. The molecule has 6 nitrogen and oxygen atoms in total. The number of amides is 1. The van der Waals surface area contributed by atoms with E-state index in [4.69, 9.17) is 27.9 Å². The lowest BCUT2D eigenvalue weighted by Gasteiger charge is -2.26. The first-order valence-corrected chi connectivity index (χ1v) is 11.5. The van der Waals surface area contributed by atoms with Crippen LogP contribution >= 0.6 is 23.2 Å². The van der Waals surface area contributed by atoms with E-state index in [1.54, 1.807) is 25.1 Å². The van der Waals surface area contributed by atoms with Gasteiger partial charge in [-0.3, -0.25) is 9.59 Å². The van der Waals surface area contributed by atoms with Crippen molar-refractivity contribution in [3.05, 3.63) is 58.1 Å². The lowest BCUT2D eigenvalue weighted by Crippen LogP contribution is -2.42. The van der Waals surface area contributed by atoms with Gasteiger partial charge in [0, 0.05) is 22.4 Å². The fraction of sp³-hybridized carbons (Fsp3) is 0.333. The summed E-state index contributed by atoms with van der Waals surface area (Å²) in [6.07, 6.45) is 0.301. The maximum atomic E-state index is 13.4. The number of carbonyl (C=O) groups excluding carboxylic acids is 2. The molecule has 0 radical (unpaired) electrons. The van der Waals surface area contributed by atoms with E-state index in [0.717, 1.165) is 0 Å². The number of ether oxygens (including phenoxy) is 1. The average Bonchev–Trinajstić information content (AvgIpc) is 2.79. The Bertz CT molecular complexity index is 1070. The summed E-state index contributed by atoms with van der Waals surface area (Å²) in [5.41, 5.74) is 0.674. The van der Waals surface area contributed by atoms with Crippen molar-refractivity contribution >= 4 is 44.9 Å². The minimum Gasteiger partial charge on any atom is -0.496 e. The largest absolute Gasteiger partial charge is 0.496 e. The molecule has 160 valence electrons. The fourth-order valence-corrected chi connectivity index (χ4v) is 5.34. The van der Waals surface area contributed by atoms with Crippen LogP contribution in [-0.2, 0) is 26.0 Å². The first-order chi connectivity index (χ1) is 14.1. The number of methoxy groups -OCH3 is 1. The van der Waals surface area contributed by atoms with Crippen LogP contribution in [0.1, 0.15) is 18.9 Å². The van der Waals surface area contributed by atoms with Gasteiger partial charge in [-0.25, -0.2) is 12.7 Å². The molecule has 1 aliphatic rings. The Kier molecular flexibility index (Phi) is 6.75. The molecule has 1 heterocycles. The van der Waals surface area contributed by atoms with E-state index in [-0.39, 0.29) is 29.4 Å². The summed E-state index contributed by atoms with van der Waals surface area (Å²) in [5.74, 6) is -1.47. The Morgan fingerprint density at radius 1 is 1.07 bits per heavy atom. The third-order valence-corrected chi connectivity index (χ3v) is 7.45. The highest BCUT2D eigenvalue weighted by Crippen LogP contribution is 2.33. The second-order valence-electron chi connectivity index (χ2n) is 7.29. The highest BCUT2D eigenvalue weighted by molar-refractivity contribution is 7.89. The predicted molar refractivity (Wildman–Crippen MR) is 114 cm³/mol. The molecule has 0 bridgehead atoms. The number of hydrogen-bond acceptors (Lipinski definition) is 5.